The minimum atomic E-state index is 0.238. The van der Waals surface area contributed by atoms with Gasteiger partial charge in [0.15, 0.2) is 0 Å². The van der Waals surface area contributed by atoms with E-state index in [4.69, 9.17) is 9.15 Å². The third-order valence-electron chi connectivity index (χ3n) is 3.51. The third-order valence-corrected chi connectivity index (χ3v) is 3.51. The maximum absolute atomic E-state index is 6.00. The zero-order valence-corrected chi connectivity index (χ0v) is 13.0. The van der Waals surface area contributed by atoms with E-state index < -0.39 is 0 Å². The molecule has 3 nitrogen and oxygen atoms in total. The molecule has 0 fully saturated rings. The van der Waals surface area contributed by atoms with E-state index in [0.29, 0.717) is 0 Å². The summed E-state index contributed by atoms with van der Waals surface area (Å²) in [4.78, 5) is 0. The van der Waals surface area contributed by atoms with Crippen molar-refractivity contribution in [3.8, 4) is 5.75 Å². The average molecular weight is 275 g/mol. The summed E-state index contributed by atoms with van der Waals surface area (Å²) >= 11 is 0. The second-order valence-corrected chi connectivity index (χ2v) is 5.27. The standard InChI is InChI=1S/C17H25NO2/c1-5-9-18-13(4)17-12(3)15-11-14(19-10-6-2)7-8-16(15)20-17/h7-8,11,13,18H,5-6,9-10H2,1-4H3. The van der Waals surface area contributed by atoms with E-state index in [0.717, 1.165) is 48.5 Å². The molecule has 1 heterocycles. The van der Waals surface area contributed by atoms with Gasteiger partial charge < -0.3 is 14.5 Å². The van der Waals surface area contributed by atoms with Crippen LogP contribution in [-0.4, -0.2) is 13.2 Å². The summed E-state index contributed by atoms with van der Waals surface area (Å²) in [6.45, 7) is 10.3. The first kappa shape index (κ1) is 14.9. The average Bonchev–Trinajstić information content (AvgIpc) is 2.79. The summed E-state index contributed by atoms with van der Waals surface area (Å²) in [5.41, 5.74) is 2.14. The van der Waals surface area contributed by atoms with Crippen molar-refractivity contribution in [3.63, 3.8) is 0 Å². The zero-order valence-electron chi connectivity index (χ0n) is 13.0. The number of nitrogens with one attached hydrogen (secondary N) is 1. The normalized spacial score (nSPS) is 12.8. The fourth-order valence-corrected chi connectivity index (χ4v) is 2.40. The van der Waals surface area contributed by atoms with Crippen LogP contribution in [0.4, 0.5) is 0 Å². The van der Waals surface area contributed by atoms with Crippen LogP contribution < -0.4 is 10.1 Å². The van der Waals surface area contributed by atoms with Gasteiger partial charge in [-0.05, 0) is 51.4 Å². The van der Waals surface area contributed by atoms with Crippen molar-refractivity contribution in [1.29, 1.82) is 0 Å². The molecule has 2 rings (SSSR count). The predicted octanol–water partition coefficient (Wildman–Crippen LogP) is 4.59. The van der Waals surface area contributed by atoms with Crippen LogP contribution in [0.15, 0.2) is 22.6 Å². The van der Waals surface area contributed by atoms with Gasteiger partial charge in [-0.25, -0.2) is 0 Å². The Morgan fingerprint density at radius 1 is 1.25 bits per heavy atom. The number of furan rings is 1. The fourth-order valence-electron chi connectivity index (χ4n) is 2.40. The minimum Gasteiger partial charge on any atom is -0.494 e. The second-order valence-electron chi connectivity index (χ2n) is 5.27. The smallest absolute Gasteiger partial charge is 0.134 e. The SMILES string of the molecule is CCCNC(C)c1oc2ccc(OCCC)cc2c1C. The van der Waals surface area contributed by atoms with Gasteiger partial charge in [-0.3, -0.25) is 0 Å². The van der Waals surface area contributed by atoms with E-state index in [9.17, 15) is 0 Å². The quantitative estimate of drug-likeness (QED) is 0.802. The lowest BCUT2D eigenvalue weighted by atomic mass is 10.1. The van der Waals surface area contributed by atoms with Crippen molar-refractivity contribution in [3.05, 3.63) is 29.5 Å². The van der Waals surface area contributed by atoms with Crippen molar-refractivity contribution in [2.45, 2.75) is 46.6 Å². The first-order valence-corrected chi connectivity index (χ1v) is 7.56. The molecule has 1 atom stereocenters. The molecule has 0 bridgehead atoms. The van der Waals surface area contributed by atoms with Crippen LogP contribution in [0.1, 0.15) is 51.0 Å². The van der Waals surface area contributed by atoms with E-state index >= 15 is 0 Å². The highest BCUT2D eigenvalue weighted by Gasteiger charge is 2.16. The summed E-state index contributed by atoms with van der Waals surface area (Å²) in [6.07, 6.45) is 2.14. The van der Waals surface area contributed by atoms with Crippen LogP contribution in [0.5, 0.6) is 5.75 Å². The Morgan fingerprint density at radius 2 is 2.05 bits per heavy atom. The zero-order chi connectivity index (χ0) is 14.5. The van der Waals surface area contributed by atoms with E-state index in [-0.39, 0.29) is 6.04 Å². The van der Waals surface area contributed by atoms with Crippen LogP contribution in [0.2, 0.25) is 0 Å². The molecule has 110 valence electrons. The van der Waals surface area contributed by atoms with Gasteiger partial charge in [0, 0.05) is 10.9 Å². The van der Waals surface area contributed by atoms with Crippen LogP contribution in [-0.2, 0) is 0 Å². The fraction of sp³-hybridized carbons (Fsp3) is 0.529. The van der Waals surface area contributed by atoms with Gasteiger partial charge in [0.25, 0.3) is 0 Å². The minimum absolute atomic E-state index is 0.238. The molecule has 0 amide bonds. The topological polar surface area (TPSA) is 34.4 Å². The summed E-state index contributed by atoms with van der Waals surface area (Å²) < 4.78 is 11.7. The van der Waals surface area contributed by atoms with Gasteiger partial charge in [-0.1, -0.05) is 13.8 Å². The lowest BCUT2D eigenvalue weighted by Crippen LogP contribution is -2.19. The van der Waals surface area contributed by atoms with Gasteiger partial charge >= 0.3 is 0 Å². The van der Waals surface area contributed by atoms with Gasteiger partial charge in [-0.2, -0.15) is 0 Å². The molecule has 3 heteroatoms. The van der Waals surface area contributed by atoms with Gasteiger partial charge in [0.05, 0.1) is 12.6 Å². The van der Waals surface area contributed by atoms with E-state index in [1.54, 1.807) is 0 Å². The van der Waals surface area contributed by atoms with Crippen LogP contribution in [0.25, 0.3) is 11.0 Å². The number of benzene rings is 1. The Kier molecular flexibility index (Phi) is 5.07. The maximum Gasteiger partial charge on any atom is 0.134 e. The van der Waals surface area contributed by atoms with Gasteiger partial charge in [0.1, 0.15) is 17.1 Å². The molecular formula is C17H25NO2. The first-order chi connectivity index (χ1) is 9.67. The number of aryl methyl sites for hydroxylation is 1. The van der Waals surface area contributed by atoms with Crippen molar-refractivity contribution in [1.82, 2.24) is 5.32 Å². The molecule has 0 aliphatic carbocycles. The molecule has 0 radical (unpaired) electrons. The lowest BCUT2D eigenvalue weighted by Gasteiger charge is -2.11. The molecule has 1 aromatic heterocycles. The van der Waals surface area contributed by atoms with Crippen molar-refractivity contribution < 1.29 is 9.15 Å². The molecule has 0 aliphatic heterocycles. The Hall–Kier alpha value is -1.48. The van der Waals surface area contributed by atoms with Crippen LogP contribution in [0, 0.1) is 6.92 Å². The molecule has 0 aliphatic rings. The summed E-state index contributed by atoms with van der Waals surface area (Å²) in [6, 6.07) is 6.31. The Labute approximate surface area is 121 Å². The number of hydrogen-bond donors (Lipinski definition) is 1. The highest BCUT2D eigenvalue weighted by molar-refractivity contribution is 5.83. The summed E-state index contributed by atoms with van der Waals surface area (Å²) in [5, 5.41) is 4.63. The van der Waals surface area contributed by atoms with Crippen molar-refractivity contribution in [2.24, 2.45) is 0 Å². The third kappa shape index (κ3) is 3.15. The van der Waals surface area contributed by atoms with Crippen LogP contribution in [0.3, 0.4) is 0 Å². The Balaban J connectivity index is 2.27. The molecule has 1 N–H and O–H groups in total. The molecule has 2 aromatic rings. The largest absolute Gasteiger partial charge is 0.494 e. The molecule has 1 aromatic carbocycles. The summed E-state index contributed by atoms with van der Waals surface area (Å²) in [5.74, 6) is 1.95. The Morgan fingerprint density at radius 3 is 2.75 bits per heavy atom. The van der Waals surface area contributed by atoms with Gasteiger partial charge in [-0.15, -0.1) is 0 Å². The lowest BCUT2D eigenvalue weighted by molar-refractivity contribution is 0.318. The second kappa shape index (κ2) is 6.80. The van der Waals surface area contributed by atoms with Crippen LogP contribution >= 0.6 is 0 Å². The monoisotopic (exact) mass is 275 g/mol. The number of rotatable bonds is 7. The van der Waals surface area contributed by atoms with Gasteiger partial charge in [0.2, 0.25) is 0 Å². The first-order valence-electron chi connectivity index (χ1n) is 7.56. The van der Waals surface area contributed by atoms with E-state index in [2.05, 4.69) is 39.1 Å². The van der Waals surface area contributed by atoms with E-state index in [1.807, 2.05) is 12.1 Å². The number of fused-ring (bicyclic) bond motifs is 1. The maximum atomic E-state index is 6.00. The predicted molar refractivity (Wildman–Crippen MR) is 83.4 cm³/mol. The van der Waals surface area contributed by atoms with E-state index in [1.165, 1.54) is 5.56 Å². The number of ether oxygens (including phenoxy) is 1. The molecule has 0 spiro atoms. The molecule has 0 saturated heterocycles. The van der Waals surface area contributed by atoms with Crippen molar-refractivity contribution >= 4 is 11.0 Å². The molecule has 0 saturated carbocycles. The Bertz CT molecular complexity index is 559. The molecule has 20 heavy (non-hydrogen) atoms. The van der Waals surface area contributed by atoms with Crippen molar-refractivity contribution in [2.75, 3.05) is 13.2 Å². The molecule has 1 unspecified atom stereocenters. The summed E-state index contributed by atoms with van der Waals surface area (Å²) in [7, 11) is 0. The number of hydrogen-bond acceptors (Lipinski definition) is 3. The highest BCUT2D eigenvalue weighted by atomic mass is 16.5. The molecular weight excluding hydrogens is 250 g/mol. The highest BCUT2D eigenvalue weighted by Crippen LogP contribution is 2.31.